The fourth-order valence-electron chi connectivity index (χ4n) is 2.58. The van der Waals surface area contributed by atoms with E-state index in [1.165, 1.54) is 5.69 Å². The quantitative estimate of drug-likeness (QED) is 0.907. The number of benzene rings is 1. The topological polar surface area (TPSA) is 35.6 Å². The minimum absolute atomic E-state index is 0.0519. The van der Waals surface area contributed by atoms with Gasteiger partial charge in [-0.2, -0.15) is 0 Å². The SMILES string of the molecule is CCCNC(=O)[C@H](C)N1CCN(c2ccc(Cl)cc2)CC1. The second-order valence-electron chi connectivity index (χ2n) is 5.47. The summed E-state index contributed by atoms with van der Waals surface area (Å²) < 4.78 is 0. The molecule has 1 heterocycles. The Morgan fingerprint density at radius 3 is 2.43 bits per heavy atom. The average Bonchev–Trinajstić information content (AvgIpc) is 2.53. The van der Waals surface area contributed by atoms with Gasteiger partial charge in [-0.1, -0.05) is 18.5 Å². The van der Waals surface area contributed by atoms with E-state index in [1.54, 1.807) is 0 Å². The lowest BCUT2D eigenvalue weighted by Gasteiger charge is -2.38. The first-order valence-corrected chi connectivity index (χ1v) is 8.02. The Hall–Kier alpha value is -1.26. The van der Waals surface area contributed by atoms with Crippen molar-refractivity contribution in [2.75, 3.05) is 37.6 Å². The van der Waals surface area contributed by atoms with Gasteiger partial charge in [0.05, 0.1) is 6.04 Å². The van der Waals surface area contributed by atoms with Crippen LogP contribution >= 0.6 is 11.6 Å². The van der Waals surface area contributed by atoms with Crippen LogP contribution in [0.4, 0.5) is 5.69 Å². The number of rotatable bonds is 5. The molecule has 0 bridgehead atoms. The Morgan fingerprint density at radius 1 is 1.24 bits per heavy atom. The number of halogens is 1. The lowest BCUT2D eigenvalue weighted by atomic mass is 10.2. The number of anilines is 1. The number of hydrogen-bond acceptors (Lipinski definition) is 3. The zero-order valence-electron chi connectivity index (χ0n) is 12.8. The van der Waals surface area contributed by atoms with E-state index in [1.807, 2.05) is 19.1 Å². The molecule has 0 aliphatic carbocycles. The van der Waals surface area contributed by atoms with Gasteiger partial charge in [-0.15, -0.1) is 0 Å². The van der Waals surface area contributed by atoms with Crippen LogP contribution in [0.15, 0.2) is 24.3 Å². The van der Waals surface area contributed by atoms with Crippen LogP contribution in [0.2, 0.25) is 5.02 Å². The first-order valence-electron chi connectivity index (χ1n) is 7.64. The van der Waals surface area contributed by atoms with Crippen molar-refractivity contribution in [3.8, 4) is 0 Å². The number of nitrogens with zero attached hydrogens (tertiary/aromatic N) is 2. The summed E-state index contributed by atoms with van der Waals surface area (Å²) >= 11 is 5.92. The van der Waals surface area contributed by atoms with Crippen molar-refractivity contribution in [2.45, 2.75) is 26.3 Å². The van der Waals surface area contributed by atoms with Gasteiger partial charge in [0, 0.05) is 43.4 Å². The number of carbonyl (C=O) groups is 1. The molecule has 1 fully saturated rings. The van der Waals surface area contributed by atoms with Crippen LogP contribution in [-0.4, -0.2) is 49.6 Å². The molecule has 1 amide bonds. The number of carbonyl (C=O) groups excluding carboxylic acids is 1. The molecule has 21 heavy (non-hydrogen) atoms. The van der Waals surface area contributed by atoms with Crippen molar-refractivity contribution in [1.29, 1.82) is 0 Å². The summed E-state index contributed by atoms with van der Waals surface area (Å²) in [7, 11) is 0. The average molecular weight is 310 g/mol. The van der Waals surface area contributed by atoms with Crippen LogP contribution < -0.4 is 10.2 Å². The summed E-state index contributed by atoms with van der Waals surface area (Å²) in [6.45, 7) is 8.50. The summed E-state index contributed by atoms with van der Waals surface area (Å²) in [6, 6.07) is 7.89. The maximum Gasteiger partial charge on any atom is 0.237 e. The zero-order chi connectivity index (χ0) is 15.2. The van der Waals surface area contributed by atoms with Gasteiger partial charge < -0.3 is 10.2 Å². The molecular formula is C16H24ClN3O. The van der Waals surface area contributed by atoms with Crippen LogP contribution in [0.5, 0.6) is 0 Å². The molecule has 4 nitrogen and oxygen atoms in total. The van der Waals surface area contributed by atoms with Gasteiger partial charge in [-0.3, -0.25) is 9.69 Å². The van der Waals surface area contributed by atoms with Crippen LogP contribution in [0.25, 0.3) is 0 Å². The third-order valence-corrected chi connectivity index (χ3v) is 4.23. The highest BCUT2D eigenvalue weighted by Crippen LogP contribution is 2.20. The second kappa shape index (κ2) is 7.66. The van der Waals surface area contributed by atoms with Gasteiger partial charge in [0.1, 0.15) is 0 Å². The van der Waals surface area contributed by atoms with E-state index in [4.69, 9.17) is 11.6 Å². The smallest absolute Gasteiger partial charge is 0.237 e. The first kappa shape index (κ1) is 16.1. The Kier molecular flexibility index (Phi) is 5.88. The monoisotopic (exact) mass is 309 g/mol. The molecule has 0 unspecified atom stereocenters. The van der Waals surface area contributed by atoms with Crippen molar-refractivity contribution < 1.29 is 4.79 Å². The number of amides is 1. The van der Waals surface area contributed by atoms with E-state index in [0.717, 1.165) is 44.2 Å². The van der Waals surface area contributed by atoms with Crippen molar-refractivity contribution in [3.63, 3.8) is 0 Å². The fourth-order valence-corrected chi connectivity index (χ4v) is 2.71. The summed E-state index contributed by atoms with van der Waals surface area (Å²) in [5.41, 5.74) is 1.20. The van der Waals surface area contributed by atoms with Gasteiger partial charge in [-0.25, -0.2) is 0 Å². The molecule has 1 aliphatic rings. The molecule has 1 saturated heterocycles. The summed E-state index contributed by atoms with van der Waals surface area (Å²) in [4.78, 5) is 16.6. The molecule has 1 atom stereocenters. The van der Waals surface area contributed by atoms with Gasteiger partial charge in [0.25, 0.3) is 0 Å². The Bertz CT molecular complexity index is 455. The molecule has 0 radical (unpaired) electrons. The third-order valence-electron chi connectivity index (χ3n) is 3.98. The van der Waals surface area contributed by atoms with Crippen molar-refractivity contribution in [3.05, 3.63) is 29.3 Å². The molecule has 2 rings (SSSR count). The van der Waals surface area contributed by atoms with Crippen LogP contribution in [-0.2, 0) is 4.79 Å². The lowest BCUT2D eigenvalue weighted by molar-refractivity contribution is -0.126. The van der Waals surface area contributed by atoms with E-state index in [-0.39, 0.29) is 11.9 Å². The Labute approximate surface area is 132 Å². The summed E-state index contributed by atoms with van der Waals surface area (Å²) in [5.74, 6) is 0.136. The number of hydrogen-bond donors (Lipinski definition) is 1. The fraction of sp³-hybridized carbons (Fsp3) is 0.562. The van der Waals surface area contributed by atoms with Crippen molar-refractivity contribution >= 4 is 23.2 Å². The van der Waals surface area contributed by atoms with Crippen molar-refractivity contribution in [1.82, 2.24) is 10.2 Å². The molecule has 116 valence electrons. The molecular weight excluding hydrogens is 286 g/mol. The second-order valence-corrected chi connectivity index (χ2v) is 5.90. The highest BCUT2D eigenvalue weighted by atomic mass is 35.5. The van der Waals surface area contributed by atoms with Gasteiger partial charge >= 0.3 is 0 Å². The Balaban J connectivity index is 1.85. The largest absolute Gasteiger partial charge is 0.369 e. The van der Waals surface area contributed by atoms with E-state index < -0.39 is 0 Å². The molecule has 1 aliphatic heterocycles. The predicted molar refractivity (Wildman–Crippen MR) is 88.0 cm³/mol. The molecule has 0 saturated carbocycles. The normalized spacial score (nSPS) is 17.6. The van der Waals surface area contributed by atoms with E-state index >= 15 is 0 Å². The Morgan fingerprint density at radius 2 is 1.86 bits per heavy atom. The molecule has 0 aromatic heterocycles. The minimum atomic E-state index is -0.0519. The summed E-state index contributed by atoms with van der Waals surface area (Å²) in [6.07, 6.45) is 0.975. The maximum atomic E-state index is 12.0. The maximum absolute atomic E-state index is 12.0. The van der Waals surface area contributed by atoms with Crippen LogP contribution in [0.3, 0.4) is 0 Å². The van der Waals surface area contributed by atoms with E-state index in [0.29, 0.717) is 0 Å². The standard InChI is InChI=1S/C16H24ClN3O/c1-3-8-18-16(21)13(2)19-9-11-20(12-10-19)15-6-4-14(17)5-7-15/h4-7,13H,3,8-12H2,1-2H3,(H,18,21)/t13-/m0/s1. The highest BCUT2D eigenvalue weighted by Gasteiger charge is 2.25. The molecule has 0 spiro atoms. The van der Waals surface area contributed by atoms with Crippen LogP contribution in [0, 0.1) is 0 Å². The summed E-state index contributed by atoms with van der Waals surface area (Å²) in [5, 5.41) is 3.73. The van der Waals surface area contributed by atoms with Gasteiger partial charge in [-0.05, 0) is 37.6 Å². The molecule has 5 heteroatoms. The molecule has 1 N–H and O–H groups in total. The third kappa shape index (κ3) is 4.35. The van der Waals surface area contributed by atoms with E-state index in [9.17, 15) is 4.79 Å². The molecule has 1 aromatic carbocycles. The highest BCUT2D eigenvalue weighted by molar-refractivity contribution is 6.30. The van der Waals surface area contributed by atoms with E-state index in [2.05, 4.69) is 34.2 Å². The number of nitrogens with one attached hydrogen (secondary N) is 1. The predicted octanol–water partition coefficient (Wildman–Crippen LogP) is 2.38. The zero-order valence-corrected chi connectivity index (χ0v) is 13.6. The van der Waals surface area contributed by atoms with Gasteiger partial charge in [0.2, 0.25) is 5.91 Å². The number of piperazine rings is 1. The molecule has 1 aromatic rings. The minimum Gasteiger partial charge on any atom is -0.369 e. The lowest BCUT2D eigenvalue weighted by Crippen LogP contribution is -2.54. The van der Waals surface area contributed by atoms with Crippen molar-refractivity contribution in [2.24, 2.45) is 0 Å². The van der Waals surface area contributed by atoms with Crippen LogP contribution in [0.1, 0.15) is 20.3 Å². The first-order chi connectivity index (χ1) is 10.1. The van der Waals surface area contributed by atoms with Gasteiger partial charge in [0.15, 0.2) is 0 Å².